The Kier molecular flexibility index (Phi) is 5.89. The Morgan fingerprint density at radius 2 is 1.50 bits per heavy atom. The van der Waals surface area contributed by atoms with Gasteiger partial charge < -0.3 is 14.2 Å². The highest BCUT2D eigenvalue weighted by molar-refractivity contribution is 9.10. The molecule has 0 aliphatic carbocycles. The Morgan fingerprint density at radius 3 is 2.15 bits per heavy atom. The lowest BCUT2D eigenvalue weighted by Gasteiger charge is -2.08. The van der Waals surface area contributed by atoms with Crippen molar-refractivity contribution in [3.63, 3.8) is 0 Å². The van der Waals surface area contributed by atoms with E-state index >= 15 is 0 Å². The van der Waals surface area contributed by atoms with Crippen LogP contribution in [0.4, 0.5) is 0 Å². The van der Waals surface area contributed by atoms with Gasteiger partial charge in [-0.05, 0) is 42.0 Å². The lowest BCUT2D eigenvalue weighted by molar-refractivity contribution is 0.0889. The van der Waals surface area contributed by atoms with Crippen LogP contribution >= 0.6 is 15.9 Å². The lowest BCUT2D eigenvalue weighted by Crippen LogP contribution is -2.06. The second-order valence-corrected chi connectivity index (χ2v) is 5.12. The summed E-state index contributed by atoms with van der Waals surface area (Å²) in [7, 11) is 1.66. The molecule has 3 nitrogen and oxygen atoms in total. The third-order valence-corrected chi connectivity index (χ3v) is 3.27. The molecule has 0 radical (unpaired) electrons. The normalized spacial score (nSPS) is 10.3. The van der Waals surface area contributed by atoms with Crippen molar-refractivity contribution < 1.29 is 14.2 Å². The fraction of sp³-hybridized carbons (Fsp3) is 0.250. The molecule has 0 saturated carbocycles. The van der Waals surface area contributed by atoms with Gasteiger partial charge in [-0.25, -0.2) is 0 Å². The van der Waals surface area contributed by atoms with Crippen molar-refractivity contribution in [3.8, 4) is 11.5 Å². The van der Waals surface area contributed by atoms with Gasteiger partial charge in [0.2, 0.25) is 0 Å². The highest BCUT2D eigenvalue weighted by atomic mass is 79.9. The summed E-state index contributed by atoms with van der Waals surface area (Å²) in [5.74, 6) is 1.70. The number of methoxy groups -OCH3 is 1. The van der Waals surface area contributed by atoms with Crippen molar-refractivity contribution in [1.29, 1.82) is 0 Å². The molecule has 0 amide bonds. The van der Waals surface area contributed by atoms with Crippen LogP contribution in [0.25, 0.3) is 0 Å². The first-order chi connectivity index (χ1) is 9.78. The molecule has 4 heteroatoms. The summed E-state index contributed by atoms with van der Waals surface area (Å²) in [6.45, 7) is 1.67. The van der Waals surface area contributed by atoms with E-state index in [9.17, 15) is 0 Å². The highest BCUT2D eigenvalue weighted by Crippen LogP contribution is 2.16. The van der Waals surface area contributed by atoms with Crippen LogP contribution < -0.4 is 9.47 Å². The fourth-order valence-electron chi connectivity index (χ4n) is 1.66. The zero-order valence-corrected chi connectivity index (χ0v) is 12.9. The first kappa shape index (κ1) is 14.9. The minimum absolute atomic E-state index is 0.539. The van der Waals surface area contributed by atoms with Crippen molar-refractivity contribution in [1.82, 2.24) is 0 Å². The number of hydrogen-bond acceptors (Lipinski definition) is 3. The molecule has 0 unspecified atom stereocenters. The van der Waals surface area contributed by atoms with Crippen molar-refractivity contribution in [2.75, 3.05) is 20.3 Å². The molecule has 0 spiro atoms. The quantitative estimate of drug-likeness (QED) is 0.714. The summed E-state index contributed by atoms with van der Waals surface area (Å²) >= 11 is 3.39. The van der Waals surface area contributed by atoms with Gasteiger partial charge in [0.25, 0.3) is 0 Å². The van der Waals surface area contributed by atoms with Gasteiger partial charge in [-0.15, -0.1) is 0 Å². The average Bonchev–Trinajstić information content (AvgIpc) is 2.49. The van der Waals surface area contributed by atoms with Crippen LogP contribution in [0.2, 0.25) is 0 Å². The molecule has 0 saturated heterocycles. The van der Waals surface area contributed by atoms with Gasteiger partial charge in [-0.2, -0.15) is 0 Å². The van der Waals surface area contributed by atoms with Crippen LogP contribution in [0.1, 0.15) is 5.56 Å². The van der Waals surface area contributed by atoms with Gasteiger partial charge in [0.1, 0.15) is 18.1 Å². The number of hydrogen-bond donors (Lipinski definition) is 0. The first-order valence-corrected chi connectivity index (χ1v) is 7.16. The molecular formula is C16H17BrO3. The minimum atomic E-state index is 0.539. The van der Waals surface area contributed by atoms with Gasteiger partial charge >= 0.3 is 0 Å². The molecule has 0 fully saturated rings. The molecule has 106 valence electrons. The van der Waals surface area contributed by atoms with Gasteiger partial charge in [-0.3, -0.25) is 0 Å². The van der Waals surface area contributed by atoms with E-state index in [1.54, 1.807) is 7.11 Å². The second kappa shape index (κ2) is 7.92. The Labute approximate surface area is 127 Å². The zero-order valence-electron chi connectivity index (χ0n) is 11.3. The van der Waals surface area contributed by atoms with Gasteiger partial charge in [-0.1, -0.05) is 28.1 Å². The monoisotopic (exact) mass is 336 g/mol. The maximum atomic E-state index is 5.57. The molecule has 0 atom stereocenters. The predicted molar refractivity (Wildman–Crippen MR) is 82.3 cm³/mol. The van der Waals surface area contributed by atoms with E-state index < -0.39 is 0 Å². The Morgan fingerprint density at radius 1 is 0.850 bits per heavy atom. The zero-order chi connectivity index (χ0) is 14.2. The maximum absolute atomic E-state index is 5.57. The van der Waals surface area contributed by atoms with Crippen LogP contribution in [0, 0.1) is 0 Å². The molecule has 2 rings (SSSR count). The lowest BCUT2D eigenvalue weighted by atomic mass is 10.2. The summed E-state index contributed by atoms with van der Waals surface area (Å²) in [5, 5.41) is 0. The van der Waals surface area contributed by atoms with Crippen LogP contribution in [0.5, 0.6) is 11.5 Å². The highest BCUT2D eigenvalue weighted by Gasteiger charge is 1.96. The van der Waals surface area contributed by atoms with E-state index in [2.05, 4.69) is 15.9 Å². The minimum Gasteiger partial charge on any atom is -0.497 e. The van der Waals surface area contributed by atoms with Gasteiger partial charge in [0.05, 0.1) is 20.3 Å². The molecule has 0 aliphatic heterocycles. The van der Waals surface area contributed by atoms with Crippen LogP contribution in [0.15, 0.2) is 53.0 Å². The summed E-state index contributed by atoms with van der Waals surface area (Å²) in [6, 6.07) is 15.6. The maximum Gasteiger partial charge on any atom is 0.119 e. The third kappa shape index (κ3) is 4.87. The SMILES string of the molecule is COc1ccc(COCCOc2ccc(Br)cc2)cc1. The van der Waals surface area contributed by atoms with Crippen molar-refractivity contribution in [3.05, 3.63) is 58.6 Å². The van der Waals surface area contributed by atoms with Gasteiger partial charge in [0, 0.05) is 4.47 Å². The largest absolute Gasteiger partial charge is 0.497 e. The van der Waals surface area contributed by atoms with Crippen molar-refractivity contribution >= 4 is 15.9 Å². The van der Waals surface area contributed by atoms with Crippen molar-refractivity contribution in [2.45, 2.75) is 6.61 Å². The molecule has 0 aliphatic rings. The van der Waals surface area contributed by atoms with Crippen LogP contribution in [-0.4, -0.2) is 20.3 Å². The molecule has 2 aromatic carbocycles. The van der Waals surface area contributed by atoms with Gasteiger partial charge in [0.15, 0.2) is 0 Å². The summed E-state index contributed by atoms with van der Waals surface area (Å²) in [4.78, 5) is 0. The van der Waals surface area contributed by atoms with E-state index in [0.717, 1.165) is 21.5 Å². The summed E-state index contributed by atoms with van der Waals surface area (Å²) < 4.78 is 17.3. The third-order valence-electron chi connectivity index (χ3n) is 2.74. The van der Waals surface area contributed by atoms with E-state index in [4.69, 9.17) is 14.2 Å². The van der Waals surface area contributed by atoms with E-state index in [-0.39, 0.29) is 0 Å². The summed E-state index contributed by atoms with van der Waals surface area (Å²) in [6.07, 6.45) is 0. The molecule has 20 heavy (non-hydrogen) atoms. The van der Waals surface area contributed by atoms with E-state index in [1.807, 2.05) is 48.5 Å². The smallest absolute Gasteiger partial charge is 0.119 e. The topological polar surface area (TPSA) is 27.7 Å². The molecular weight excluding hydrogens is 320 g/mol. The van der Waals surface area contributed by atoms with Crippen LogP contribution in [-0.2, 0) is 11.3 Å². The Hall–Kier alpha value is -1.52. The van der Waals surface area contributed by atoms with E-state index in [1.165, 1.54) is 0 Å². The second-order valence-electron chi connectivity index (χ2n) is 4.20. The average molecular weight is 337 g/mol. The molecule has 0 aromatic heterocycles. The molecule has 0 heterocycles. The Balaban J connectivity index is 1.64. The number of halogens is 1. The number of rotatable bonds is 7. The predicted octanol–water partition coefficient (Wildman–Crippen LogP) is 4.05. The standard InChI is InChI=1S/C16H17BrO3/c1-18-15-6-2-13(3-7-15)12-19-10-11-20-16-8-4-14(17)5-9-16/h2-9H,10-12H2,1H3. The first-order valence-electron chi connectivity index (χ1n) is 6.37. The summed E-state index contributed by atoms with van der Waals surface area (Å²) in [5.41, 5.74) is 1.12. The molecule has 2 aromatic rings. The fourth-order valence-corrected chi connectivity index (χ4v) is 1.93. The number of benzene rings is 2. The molecule has 0 N–H and O–H groups in total. The Bertz CT molecular complexity index is 508. The van der Waals surface area contributed by atoms with Crippen molar-refractivity contribution in [2.24, 2.45) is 0 Å². The number of ether oxygens (including phenoxy) is 3. The molecule has 0 bridgehead atoms. The van der Waals surface area contributed by atoms with E-state index in [0.29, 0.717) is 19.8 Å². The van der Waals surface area contributed by atoms with Crippen LogP contribution in [0.3, 0.4) is 0 Å².